The Hall–Kier alpha value is -3.99. The van der Waals surface area contributed by atoms with Crippen LogP contribution in [0.3, 0.4) is 0 Å². The van der Waals surface area contributed by atoms with E-state index in [4.69, 9.17) is 0 Å². The summed E-state index contributed by atoms with van der Waals surface area (Å²) in [5.74, 6) is -0.286. The van der Waals surface area contributed by atoms with Crippen LogP contribution in [0.2, 0.25) is 0 Å². The molecule has 5 nitrogen and oxygen atoms in total. The number of carbonyl (C=O) groups is 1. The number of aryl methyl sites for hydroxylation is 1. The third-order valence-corrected chi connectivity index (χ3v) is 5.58. The third kappa shape index (κ3) is 3.78. The molecule has 0 bridgehead atoms. The summed E-state index contributed by atoms with van der Waals surface area (Å²) >= 11 is 0. The van der Waals surface area contributed by atoms with Crippen molar-refractivity contribution in [1.29, 1.82) is 0 Å². The quantitative estimate of drug-likeness (QED) is 0.479. The molecule has 0 fully saturated rings. The fourth-order valence-corrected chi connectivity index (χ4v) is 4.00. The van der Waals surface area contributed by atoms with E-state index < -0.39 is 0 Å². The Morgan fingerprint density at radius 1 is 0.935 bits per heavy atom. The van der Waals surface area contributed by atoms with Crippen LogP contribution in [-0.2, 0) is 17.8 Å². The van der Waals surface area contributed by atoms with Crippen LogP contribution in [0.1, 0.15) is 16.7 Å². The van der Waals surface area contributed by atoms with Crippen molar-refractivity contribution >= 4 is 11.6 Å². The molecule has 5 rings (SSSR count). The van der Waals surface area contributed by atoms with Crippen LogP contribution in [0.15, 0.2) is 83.7 Å². The molecule has 0 saturated carbocycles. The SMILES string of the molecule is Cc1ccc(-c2ccc(=O)n(CC(=O)Nc3ccc4c(c3)Cc3ccccc3-4)n2)cc1. The summed E-state index contributed by atoms with van der Waals surface area (Å²) in [7, 11) is 0. The number of carbonyl (C=O) groups excluding carboxylic acids is 1. The lowest BCUT2D eigenvalue weighted by atomic mass is 10.1. The Labute approximate surface area is 180 Å². The normalized spacial score (nSPS) is 11.6. The lowest BCUT2D eigenvalue weighted by Gasteiger charge is -2.10. The fraction of sp³-hybridized carbons (Fsp3) is 0.115. The predicted molar refractivity (Wildman–Crippen MR) is 122 cm³/mol. The zero-order chi connectivity index (χ0) is 21.4. The van der Waals surface area contributed by atoms with Crippen molar-refractivity contribution in [2.24, 2.45) is 0 Å². The van der Waals surface area contributed by atoms with E-state index in [2.05, 4.69) is 22.5 Å². The highest BCUT2D eigenvalue weighted by Gasteiger charge is 2.18. The molecule has 31 heavy (non-hydrogen) atoms. The molecule has 0 unspecified atom stereocenters. The largest absolute Gasteiger partial charge is 0.324 e. The van der Waals surface area contributed by atoms with Gasteiger partial charge in [0, 0.05) is 17.3 Å². The van der Waals surface area contributed by atoms with Gasteiger partial charge in [-0.15, -0.1) is 0 Å². The highest BCUT2D eigenvalue weighted by Crippen LogP contribution is 2.37. The van der Waals surface area contributed by atoms with E-state index >= 15 is 0 Å². The van der Waals surface area contributed by atoms with Gasteiger partial charge in [-0.05, 0) is 53.8 Å². The second-order valence-corrected chi connectivity index (χ2v) is 7.83. The minimum absolute atomic E-state index is 0.143. The average Bonchev–Trinajstić information content (AvgIpc) is 3.13. The number of benzene rings is 3. The van der Waals surface area contributed by atoms with Crippen molar-refractivity contribution in [2.45, 2.75) is 19.9 Å². The van der Waals surface area contributed by atoms with Crippen molar-refractivity contribution in [3.05, 3.63) is 106 Å². The maximum absolute atomic E-state index is 12.6. The maximum atomic E-state index is 12.6. The van der Waals surface area contributed by atoms with Gasteiger partial charge in [0.05, 0.1) is 5.69 Å². The molecule has 1 aliphatic carbocycles. The minimum Gasteiger partial charge on any atom is -0.324 e. The third-order valence-electron chi connectivity index (χ3n) is 5.58. The molecule has 1 aliphatic rings. The lowest BCUT2D eigenvalue weighted by molar-refractivity contribution is -0.117. The Balaban J connectivity index is 1.33. The summed E-state index contributed by atoms with van der Waals surface area (Å²) in [6.07, 6.45) is 0.856. The van der Waals surface area contributed by atoms with Crippen molar-refractivity contribution in [1.82, 2.24) is 9.78 Å². The molecule has 3 aromatic carbocycles. The van der Waals surface area contributed by atoms with Crippen LogP contribution in [0.5, 0.6) is 0 Å². The van der Waals surface area contributed by atoms with Gasteiger partial charge in [0.1, 0.15) is 6.54 Å². The molecule has 5 heteroatoms. The van der Waals surface area contributed by atoms with Crippen LogP contribution in [0, 0.1) is 6.92 Å². The lowest BCUT2D eigenvalue weighted by Crippen LogP contribution is -2.29. The highest BCUT2D eigenvalue weighted by atomic mass is 16.2. The Kier molecular flexibility index (Phi) is 4.71. The van der Waals surface area contributed by atoms with Gasteiger partial charge < -0.3 is 5.32 Å². The number of fused-ring (bicyclic) bond motifs is 3. The van der Waals surface area contributed by atoms with Crippen LogP contribution in [0.25, 0.3) is 22.4 Å². The number of amides is 1. The number of nitrogens with zero attached hydrogens (tertiary/aromatic N) is 2. The molecule has 0 aliphatic heterocycles. The molecule has 0 saturated heterocycles. The Morgan fingerprint density at radius 2 is 1.71 bits per heavy atom. The molecule has 0 atom stereocenters. The van der Waals surface area contributed by atoms with Crippen LogP contribution in [-0.4, -0.2) is 15.7 Å². The summed E-state index contributed by atoms with van der Waals surface area (Å²) in [6, 6.07) is 25.3. The van der Waals surface area contributed by atoms with E-state index in [0.717, 1.165) is 23.2 Å². The molecule has 4 aromatic rings. The van der Waals surface area contributed by atoms with Crippen molar-refractivity contribution in [3.63, 3.8) is 0 Å². The molecule has 1 amide bonds. The molecule has 1 aromatic heterocycles. The molecule has 152 valence electrons. The van der Waals surface area contributed by atoms with Gasteiger partial charge in [-0.2, -0.15) is 5.10 Å². The second kappa shape index (κ2) is 7.69. The standard InChI is InChI=1S/C26H21N3O2/c1-17-6-8-18(9-7-17)24-12-13-26(31)29(28-24)16-25(30)27-21-10-11-23-20(15-21)14-19-4-2-3-5-22(19)23/h2-13,15H,14,16H2,1H3,(H,27,30). The van der Waals surface area contributed by atoms with Crippen LogP contribution >= 0.6 is 0 Å². The van der Waals surface area contributed by atoms with Gasteiger partial charge in [-0.3, -0.25) is 9.59 Å². The minimum atomic E-state index is -0.310. The van der Waals surface area contributed by atoms with Gasteiger partial charge in [-0.1, -0.05) is 60.2 Å². The summed E-state index contributed by atoms with van der Waals surface area (Å²) in [6.45, 7) is 1.87. The summed E-state index contributed by atoms with van der Waals surface area (Å²) in [5, 5.41) is 7.28. The van der Waals surface area contributed by atoms with Crippen molar-refractivity contribution < 1.29 is 4.79 Å². The topological polar surface area (TPSA) is 64.0 Å². The van der Waals surface area contributed by atoms with E-state index in [1.54, 1.807) is 6.07 Å². The van der Waals surface area contributed by atoms with Gasteiger partial charge in [0.2, 0.25) is 5.91 Å². The average molecular weight is 407 g/mol. The molecule has 1 N–H and O–H groups in total. The van der Waals surface area contributed by atoms with E-state index in [1.807, 2.05) is 61.5 Å². The van der Waals surface area contributed by atoms with Crippen molar-refractivity contribution in [3.8, 4) is 22.4 Å². The predicted octanol–water partition coefficient (Wildman–Crippen LogP) is 4.43. The second-order valence-electron chi connectivity index (χ2n) is 7.83. The Morgan fingerprint density at radius 3 is 2.55 bits per heavy atom. The van der Waals surface area contributed by atoms with Gasteiger partial charge in [-0.25, -0.2) is 4.68 Å². The fourth-order valence-electron chi connectivity index (χ4n) is 4.00. The van der Waals surface area contributed by atoms with Gasteiger partial charge >= 0.3 is 0 Å². The highest BCUT2D eigenvalue weighted by molar-refractivity contribution is 5.91. The molecule has 0 spiro atoms. The number of nitrogens with one attached hydrogen (secondary N) is 1. The van der Waals surface area contributed by atoms with E-state index in [1.165, 1.54) is 33.0 Å². The van der Waals surface area contributed by atoms with E-state index in [9.17, 15) is 9.59 Å². The molecular formula is C26H21N3O2. The first-order valence-corrected chi connectivity index (χ1v) is 10.2. The van der Waals surface area contributed by atoms with E-state index in [-0.39, 0.29) is 18.0 Å². The monoisotopic (exact) mass is 407 g/mol. The molecule has 0 radical (unpaired) electrons. The zero-order valence-electron chi connectivity index (χ0n) is 17.1. The summed E-state index contributed by atoms with van der Waals surface area (Å²) in [5.41, 5.74) is 8.06. The zero-order valence-corrected chi connectivity index (χ0v) is 17.1. The van der Waals surface area contributed by atoms with Gasteiger partial charge in [0.25, 0.3) is 5.56 Å². The number of aromatic nitrogens is 2. The molecular weight excluding hydrogens is 386 g/mol. The maximum Gasteiger partial charge on any atom is 0.267 e. The number of rotatable bonds is 4. The van der Waals surface area contributed by atoms with Crippen LogP contribution in [0.4, 0.5) is 5.69 Å². The smallest absolute Gasteiger partial charge is 0.267 e. The number of hydrogen-bond donors (Lipinski definition) is 1. The van der Waals surface area contributed by atoms with E-state index in [0.29, 0.717) is 5.69 Å². The summed E-state index contributed by atoms with van der Waals surface area (Å²) in [4.78, 5) is 24.9. The first kappa shape index (κ1) is 19.0. The number of hydrogen-bond acceptors (Lipinski definition) is 3. The van der Waals surface area contributed by atoms with Crippen molar-refractivity contribution in [2.75, 3.05) is 5.32 Å². The first-order chi connectivity index (χ1) is 15.1. The number of anilines is 1. The Bertz CT molecular complexity index is 1350. The first-order valence-electron chi connectivity index (χ1n) is 10.2. The summed E-state index contributed by atoms with van der Waals surface area (Å²) < 4.78 is 1.20. The molecule has 1 heterocycles. The van der Waals surface area contributed by atoms with Gasteiger partial charge in [0.15, 0.2) is 0 Å². The van der Waals surface area contributed by atoms with Crippen LogP contribution < -0.4 is 10.9 Å².